The summed E-state index contributed by atoms with van der Waals surface area (Å²) in [7, 11) is 3.30. The molecule has 0 bridgehead atoms. The minimum absolute atomic E-state index is 0.0528. The fourth-order valence-corrected chi connectivity index (χ4v) is 2.54. The number of halogens is 1. The van der Waals surface area contributed by atoms with Crippen molar-refractivity contribution in [3.8, 4) is 5.75 Å². The van der Waals surface area contributed by atoms with Crippen LogP contribution in [0.4, 0.5) is 5.82 Å². The number of ether oxygens (including phenoxy) is 2. The molecule has 0 aromatic carbocycles. The highest BCUT2D eigenvalue weighted by Crippen LogP contribution is 2.45. The Bertz CT molecular complexity index is 439. The molecule has 0 amide bonds. The van der Waals surface area contributed by atoms with Crippen molar-refractivity contribution in [3.05, 3.63) is 11.5 Å². The summed E-state index contributed by atoms with van der Waals surface area (Å²) in [4.78, 5) is 8.07. The maximum atomic E-state index is 5.96. The average molecular weight is 272 g/mol. The number of nitrogens with one attached hydrogen (secondary N) is 1. The van der Waals surface area contributed by atoms with Gasteiger partial charge in [-0.2, -0.15) is 0 Å². The third-order valence-electron chi connectivity index (χ3n) is 3.74. The lowest BCUT2D eigenvalue weighted by molar-refractivity contribution is -0.0796. The largest absolute Gasteiger partial charge is 0.490 e. The van der Waals surface area contributed by atoms with Crippen molar-refractivity contribution in [2.45, 2.75) is 32.4 Å². The summed E-state index contributed by atoms with van der Waals surface area (Å²) in [5.41, 5.74) is 0.0528. The van der Waals surface area contributed by atoms with Crippen molar-refractivity contribution in [3.63, 3.8) is 0 Å². The van der Waals surface area contributed by atoms with Crippen LogP contribution in [0.15, 0.2) is 6.33 Å². The highest BCUT2D eigenvalue weighted by molar-refractivity contribution is 6.31. The number of rotatable bonds is 4. The van der Waals surface area contributed by atoms with Crippen LogP contribution in [-0.4, -0.2) is 36.3 Å². The second kappa shape index (κ2) is 4.90. The smallest absolute Gasteiger partial charge is 0.198 e. The summed E-state index contributed by atoms with van der Waals surface area (Å²) < 4.78 is 10.6. The lowest BCUT2D eigenvalue weighted by atomic mass is 9.64. The van der Waals surface area contributed by atoms with E-state index in [-0.39, 0.29) is 17.6 Å². The number of methoxy groups -OCH3 is 2. The van der Waals surface area contributed by atoms with Gasteiger partial charge >= 0.3 is 0 Å². The molecule has 1 N–H and O–H groups in total. The molecule has 1 aromatic rings. The first-order chi connectivity index (χ1) is 8.50. The normalized spacial score (nSPS) is 25.4. The summed E-state index contributed by atoms with van der Waals surface area (Å²) >= 11 is 5.96. The molecule has 0 saturated heterocycles. The molecule has 1 aliphatic rings. The van der Waals surface area contributed by atoms with Crippen LogP contribution in [0.1, 0.15) is 20.3 Å². The molecule has 1 fully saturated rings. The fourth-order valence-electron chi connectivity index (χ4n) is 2.33. The van der Waals surface area contributed by atoms with Crippen molar-refractivity contribution in [2.24, 2.45) is 5.41 Å². The number of nitrogens with zero attached hydrogens (tertiary/aromatic N) is 2. The molecular weight excluding hydrogens is 254 g/mol. The van der Waals surface area contributed by atoms with E-state index in [0.717, 1.165) is 6.42 Å². The number of hydrogen-bond acceptors (Lipinski definition) is 5. The van der Waals surface area contributed by atoms with Gasteiger partial charge in [0.2, 0.25) is 0 Å². The van der Waals surface area contributed by atoms with E-state index in [0.29, 0.717) is 16.7 Å². The molecule has 100 valence electrons. The van der Waals surface area contributed by atoms with E-state index in [1.165, 1.54) is 6.33 Å². The zero-order valence-electron chi connectivity index (χ0n) is 11.0. The van der Waals surface area contributed by atoms with Crippen molar-refractivity contribution < 1.29 is 9.47 Å². The lowest BCUT2D eigenvalue weighted by Gasteiger charge is -2.51. The van der Waals surface area contributed by atoms with Crippen LogP contribution in [-0.2, 0) is 4.74 Å². The van der Waals surface area contributed by atoms with E-state index in [1.807, 2.05) is 0 Å². The van der Waals surface area contributed by atoms with Gasteiger partial charge in [-0.05, 0) is 6.42 Å². The monoisotopic (exact) mass is 271 g/mol. The predicted molar refractivity (Wildman–Crippen MR) is 70.2 cm³/mol. The van der Waals surface area contributed by atoms with E-state index in [4.69, 9.17) is 21.1 Å². The van der Waals surface area contributed by atoms with Gasteiger partial charge in [-0.1, -0.05) is 25.4 Å². The zero-order valence-corrected chi connectivity index (χ0v) is 11.8. The molecule has 2 atom stereocenters. The minimum Gasteiger partial charge on any atom is -0.490 e. The Hall–Kier alpha value is -1.07. The summed E-state index contributed by atoms with van der Waals surface area (Å²) in [6.07, 6.45) is 2.62. The van der Waals surface area contributed by atoms with Crippen molar-refractivity contribution >= 4 is 17.4 Å². The van der Waals surface area contributed by atoms with E-state index in [2.05, 4.69) is 29.1 Å². The average Bonchev–Trinajstić information content (AvgIpc) is 2.34. The van der Waals surface area contributed by atoms with Gasteiger partial charge in [-0.15, -0.1) is 0 Å². The standard InChI is InChI=1S/C12H18ClN3O2/c1-12(2)7(5-8(12)17-3)16-11-9(18-4)10(13)14-6-15-11/h6-8H,5H2,1-4H3,(H,14,15,16). The molecule has 1 saturated carbocycles. The molecule has 6 heteroatoms. The van der Waals surface area contributed by atoms with Crippen molar-refractivity contribution in [1.29, 1.82) is 0 Å². The topological polar surface area (TPSA) is 56.3 Å². The molecule has 18 heavy (non-hydrogen) atoms. The molecule has 2 rings (SSSR count). The van der Waals surface area contributed by atoms with Gasteiger partial charge in [0.05, 0.1) is 13.2 Å². The van der Waals surface area contributed by atoms with Crippen LogP contribution in [0.5, 0.6) is 5.75 Å². The number of anilines is 1. The molecule has 1 aliphatic carbocycles. The Morgan fingerprint density at radius 2 is 2.11 bits per heavy atom. The molecular formula is C12H18ClN3O2. The molecule has 0 spiro atoms. The second-order valence-electron chi connectivity index (χ2n) is 5.02. The SMILES string of the molecule is COc1c(Cl)ncnc1NC1CC(OC)C1(C)C. The number of hydrogen-bond donors (Lipinski definition) is 1. The van der Waals surface area contributed by atoms with Crippen LogP contribution in [0.3, 0.4) is 0 Å². The summed E-state index contributed by atoms with van der Waals surface area (Å²) in [5, 5.41) is 3.67. The number of aromatic nitrogens is 2. The molecule has 1 heterocycles. The molecule has 0 aliphatic heterocycles. The maximum absolute atomic E-state index is 5.96. The van der Waals surface area contributed by atoms with E-state index in [1.54, 1.807) is 14.2 Å². The van der Waals surface area contributed by atoms with Gasteiger partial charge in [-0.3, -0.25) is 0 Å². The van der Waals surface area contributed by atoms with Crippen LogP contribution in [0, 0.1) is 5.41 Å². The Balaban J connectivity index is 2.14. The molecule has 0 radical (unpaired) electrons. The molecule has 5 nitrogen and oxygen atoms in total. The first-order valence-electron chi connectivity index (χ1n) is 5.84. The minimum atomic E-state index is 0.0528. The Morgan fingerprint density at radius 3 is 2.67 bits per heavy atom. The summed E-state index contributed by atoms with van der Waals surface area (Å²) in [6, 6.07) is 0.280. The highest BCUT2D eigenvalue weighted by Gasteiger charge is 2.49. The van der Waals surface area contributed by atoms with Crippen LogP contribution in [0.2, 0.25) is 5.15 Å². The molecule has 1 aromatic heterocycles. The first-order valence-corrected chi connectivity index (χ1v) is 6.22. The maximum Gasteiger partial charge on any atom is 0.198 e. The van der Waals surface area contributed by atoms with Crippen molar-refractivity contribution in [1.82, 2.24) is 9.97 Å². The van der Waals surface area contributed by atoms with Gasteiger partial charge in [-0.25, -0.2) is 9.97 Å². The third kappa shape index (κ3) is 2.12. The first kappa shape index (κ1) is 13.4. The van der Waals surface area contributed by atoms with Crippen molar-refractivity contribution in [2.75, 3.05) is 19.5 Å². The predicted octanol–water partition coefficient (Wildman–Crippen LogP) is 2.36. The van der Waals surface area contributed by atoms with E-state index >= 15 is 0 Å². The zero-order chi connectivity index (χ0) is 13.3. The van der Waals surface area contributed by atoms with E-state index in [9.17, 15) is 0 Å². The Labute approximate surface area is 112 Å². The lowest BCUT2D eigenvalue weighted by Crippen LogP contribution is -2.57. The van der Waals surface area contributed by atoms with Gasteiger partial charge in [0.1, 0.15) is 6.33 Å². The highest BCUT2D eigenvalue weighted by atomic mass is 35.5. The summed E-state index contributed by atoms with van der Waals surface area (Å²) in [5.74, 6) is 1.11. The fraction of sp³-hybridized carbons (Fsp3) is 0.667. The van der Waals surface area contributed by atoms with E-state index < -0.39 is 0 Å². The third-order valence-corrected chi connectivity index (χ3v) is 4.01. The Kier molecular flexibility index (Phi) is 3.64. The van der Waals surface area contributed by atoms with Crippen LogP contribution >= 0.6 is 11.6 Å². The Morgan fingerprint density at radius 1 is 1.39 bits per heavy atom. The van der Waals surface area contributed by atoms with Gasteiger partial charge < -0.3 is 14.8 Å². The van der Waals surface area contributed by atoms with Crippen LogP contribution in [0.25, 0.3) is 0 Å². The van der Waals surface area contributed by atoms with Gasteiger partial charge in [0.15, 0.2) is 16.7 Å². The molecule has 2 unspecified atom stereocenters. The quantitative estimate of drug-likeness (QED) is 0.852. The van der Waals surface area contributed by atoms with Crippen LogP contribution < -0.4 is 10.1 Å². The van der Waals surface area contributed by atoms with Gasteiger partial charge in [0, 0.05) is 18.6 Å². The van der Waals surface area contributed by atoms with Gasteiger partial charge in [0.25, 0.3) is 0 Å². The summed E-state index contributed by atoms with van der Waals surface area (Å²) in [6.45, 7) is 4.33. The second-order valence-corrected chi connectivity index (χ2v) is 5.38.